The first-order valence-electron chi connectivity index (χ1n) is 6.93. The Labute approximate surface area is 132 Å². The molecule has 0 spiro atoms. The van der Waals surface area contributed by atoms with Crippen LogP contribution >= 0.6 is 11.3 Å². The second-order valence-corrected chi connectivity index (χ2v) is 6.25. The van der Waals surface area contributed by atoms with Crippen LogP contribution in [0.25, 0.3) is 0 Å². The number of hydrogen-bond donors (Lipinski definition) is 2. The van der Waals surface area contributed by atoms with Gasteiger partial charge in [-0.15, -0.1) is 11.3 Å². The molecule has 0 saturated heterocycles. The number of rotatable bonds is 7. The van der Waals surface area contributed by atoms with E-state index in [0.29, 0.717) is 6.54 Å². The lowest BCUT2D eigenvalue weighted by Crippen LogP contribution is -2.36. The van der Waals surface area contributed by atoms with Gasteiger partial charge in [-0.05, 0) is 43.0 Å². The fraction of sp³-hybridized carbons (Fsp3) is 0.375. The Morgan fingerprint density at radius 3 is 2.50 bits per heavy atom. The zero-order valence-electron chi connectivity index (χ0n) is 12.4. The second-order valence-electron chi connectivity index (χ2n) is 5.30. The number of thiophene rings is 1. The summed E-state index contributed by atoms with van der Waals surface area (Å²) in [7, 11) is 0. The Bertz CT molecular complexity index is 570. The number of halogens is 2. The van der Waals surface area contributed by atoms with E-state index < -0.39 is 12.2 Å². The van der Waals surface area contributed by atoms with Crippen molar-refractivity contribution in [2.24, 2.45) is 0 Å². The average molecular weight is 327 g/mol. The standard InChI is InChI=1S/C16H19F2NO2S/c1-11(12-5-7-13(8-6-12)21-15(17)18)19-10-16(2,20)14-4-3-9-22-14/h3-9,11,15,19-20H,10H2,1-2H3. The van der Waals surface area contributed by atoms with Gasteiger partial charge in [0.15, 0.2) is 0 Å². The van der Waals surface area contributed by atoms with E-state index in [1.807, 2.05) is 24.4 Å². The molecule has 0 bridgehead atoms. The van der Waals surface area contributed by atoms with Gasteiger partial charge < -0.3 is 15.2 Å². The Hall–Kier alpha value is -1.50. The SMILES string of the molecule is CC(NCC(C)(O)c1cccs1)c1ccc(OC(F)F)cc1. The molecule has 120 valence electrons. The van der Waals surface area contributed by atoms with E-state index in [-0.39, 0.29) is 11.8 Å². The highest BCUT2D eigenvalue weighted by Crippen LogP contribution is 2.26. The Morgan fingerprint density at radius 1 is 1.27 bits per heavy atom. The van der Waals surface area contributed by atoms with Crippen molar-refractivity contribution in [3.05, 3.63) is 52.2 Å². The first-order chi connectivity index (χ1) is 10.4. The second kappa shape index (κ2) is 7.17. The van der Waals surface area contributed by atoms with Crippen LogP contribution in [-0.2, 0) is 5.60 Å². The molecule has 2 aromatic rings. The summed E-state index contributed by atoms with van der Waals surface area (Å²) in [5, 5.41) is 15.6. The van der Waals surface area contributed by atoms with Gasteiger partial charge in [-0.3, -0.25) is 0 Å². The molecule has 2 atom stereocenters. The monoisotopic (exact) mass is 327 g/mol. The van der Waals surface area contributed by atoms with E-state index in [4.69, 9.17) is 0 Å². The summed E-state index contributed by atoms with van der Waals surface area (Å²) < 4.78 is 28.5. The van der Waals surface area contributed by atoms with Crippen LogP contribution in [0.2, 0.25) is 0 Å². The molecule has 6 heteroatoms. The van der Waals surface area contributed by atoms with Crippen molar-refractivity contribution in [1.82, 2.24) is 5.32 Å². The zero-order chi connectivity index (χ0) is 16.2. The molecule has 0 aliphatic rings. The number of hydrogen-bond acceptors (Lipinski definition) is 4. The largest absolute Gasteiger partial charge is 0.435 e. The maximum atomic E-state index is 12.1. The summed E-state index contributed by atoms with van der Waals surface area (Å²) in [5.74, 6) is 0.136. The predicted molar refractivity (Wildman–Crippen MR) is 83.4 cm³/mol. The molecule has 0 aliphatic carbocycles. The summed E-state index contributed by atoms with van der Waals surface area (Å²) in [6, 6.07) is 10.3. The van der Waals surface area contributed by atoms with Crippen LogP contribution in [-0.4, -0.2) is 18.3 Å². The molecule has 22 heavy (non-hydrogen) atoms. The predicted octanol–water partition coefficient (Wildman–Crippen LogP) is 3.91. The third-order valence-electron chi connectivity index (χ3n) is 3.41. The average Bonchev–Trinajstić information content (AvgIpc) is 3.00. The number of aliphatic hydroxyl groups is 1. The highest BCUT2D eigenvalue weighted by atomic mass is 32.1. The van der Waals surface area contributed by atoms with Crippen molar-refractivity contribution in [2.75, 3.05) is 6.54 Å². The molecular weight excluding hydrogens is 308 g/mol. The summed E-state index contributed by atoms with van der Waals surface area (Å²) in [6.45, 7) is 1.29. The molecule has 0 amide bonds. The van der Waals surface area contributed by atoms with Gasteiger partial charge in [0.2, 0.25) is 0 Å². The van der Waals surface area contributed by atoms with Gasteiger partial charge in [-0.2, -0.15) is 8.78 Å². The lowest BCUT2D eigenvalue weighted by atomic mass is 10.0. The molecule has 3 nitrogen and oxygen atoms in total. The lowest BCUT2D eigenvalue weighted by Gasteiger charge is -2.25. The van der Waals surface area contributed by atoms with Crippen LogP contribution in [0.1, 0.15) is 30.3 Å². The van der Waals surface area contributed by atoms with Crippen LogP contribution in [0.4, 0.5) is 8.78 Å². The molecule has 2 rings (SSSR count). The molecule has 1 aromatic heterocycles. The normalized spacial score (nSPS) is 15.5. The quantitative estimate of drug-likeness (QED) is 0.810. The first kappa shape index (κ1) is 16.9. The Kier molecular flexibility index (Phi) is 5.50. The minimum absolute atomic E-state index is 0.0213. The molecule has 1 heterocycles. The van der Waals surface area contributed by atoms with Crippen LogP contribution in [0.5, 0.6) is 5.75 Å². The van der Waals surface area contributed by atoms with E-state index in [1.165, 1.54) is 23.5 Å². The third kappa shape index (κ3) is 4.50. The van der Waals surface area contributed by atoms with Gasteiger partial charge in [0, 0.05) is 17.5 Å². The summed E-state index contributed by atoms with van der Waals surface area (Å²) >= 11 is 1.51. The van der Waals surface area contributed by atoms with Crippen molar-refractivity contribution >= 4 is 11.3 Å². The van der Waals surface area contributed by atoms with Crippen molar-refractivity contribution in [3.63, 3.8) is 0 Å². The van der Waals surface area contributed by atoms with Gasteiger partial charge in [-0.25, -0.2) is 0 Å². The third-order valence-corrected chi connectivity index (χ3v) is 4.53. The van der Waals surface area contributed by atoms with Crippen molar-refractivity contribution < 1.29 is 18.6 Å². The fourth-order valence-electron chi connectivity index (χ4n) is 2.08. The van der Waals surface area contributed by atoms with Crippen LogP contribution < -0.4 is 10.1 Å². The number of ether oxygens (including phenoxy) is 1. The van der Waals surface area contributed by atoms with Crippen LogP contribution in [0.15, 0.2) is 41.8 Å². The Balaban J connectivity index is 1.93. The van der Waals surface area contributed by atoms with Gasteiger partial charge in [0.1, 0.15) is 11.4 Å². The maximum Gasteiger partial charge on any atom is 0.387 e. The minimum Gasteiger partial charge on any atom is -0.435 e. The van der Waals surface area contributed by atoms with Gasteiger partial charge in [-0.1, -0.05) is 18.2 Å². The van der Waals surface area contributed by atoms with Crippen molar-refractivity contribution in [1.29, 1.82) is 0 Å². The van der Waals surface area contributed by atoms with Gasteiger partial charge in [0.25, 0.3) is 0 Å². The van der Waals surface area contributed by atoms with E-state index in [1.54, 1.807) is 19.1 Å². The van der Waals surface area contributed by atoms with Crippen molar-refractivity contribution in [2.45, 2.75) is 32.1 Å². The number of benzene rings is 1. The summed E-state index contributed by atoms with van der Waals surface area (Å²) in [6.07, 6.45) is 0. The molecule has 2 unspecified atom stereocenters. The van der Waals surface area contributed by atoms with Crippen LogP contribution in [0.3, 0.4) is 0 Å². The topological polar surface area (TPSA) is 41.5 Å². The molecular formula is C16H19F2NO2S. The fourth-order valence-corrected chi connectivity index (χ4v) is 2.87. The molecule has 0 aliphatic heterocycles. The van der Waals surface area contributed by atoms with E-state index in [2.05, 4.69) is 10.1 Å². The Morgan fingerprint density at radius 2 is 1.95 bits per heavy atom. The van der Waals surface area contributed by atoms with Gasteiger partial charge in [0.05, 0.1) is 0 Å². The maximum absolute atomic E-state index is 12.1. The summed E-state index contributed by atoms with van der Waals surface area (Å²) in [4.78, 5) is 0.896. The van der Waals surface area contributed by atoms with Gasteiger partial charge >= 0.3 is 6.61 Å². The molecule has 0 fully saturated rings. The lowest BCUT2D eigenvalue weighted by molar-refractivity contribution is -0.0498. The highest BCUT2D eigenvalue weighted by Gasteiger charge is 2.24. The number of alkyl halides is 2. The number of nitrogens with one attached hydrogen (secondary N) is 1. The first-order valence-corrected chi connectivity index (χ1v) is 7.81. The zero-order valence-corrected chi connectivity index (χ0v) is 13.2. The molecule has 2 N–H and O–H groups in total. The minimum atomic E-state index is -2.82. The molecule has 0 radical (unpaired) electrons. The van der Waals surface area contributed by atoms with E-state index in [9.17, 15) is 13.9 Å². The highest BCUT2D eigenvalue weighted by molar-refractivity contribution is 7.10. The smallest absolute Gasteiger partial charge is 0.387 e. The molecule has 0 saturated carbocycles. The molecule has 1 aromatic carbocycles. The summed E-state index contributed by atoms with van der Waals surface area (Å²) in [5.41, 5.74) is -0.00941. The van der Waals surface area contributed by atoms with E-state index >= 15 is 0 Å². The van der Waals surface area contributed by atoms with Crippen LogP contribution in [0, 0.1) is 0 Å². The van der Waals surface area contributed by atoms with E-state index in [0.717, 1.165) is 10.4 Å². The van der Waals surface area contributed by atoms with Crippen molar-refractivity contribution in [3.8, 4) is 5.75 Å².